The fourth-order valence-electron chi connectivity index (χ4n) is 2.41. The first-order valence-corrected chi connectivity index (χ1v) is 9.55. The number of carbonyl (C=O) groups excluding carboxylic acids is 1. The molecule has 0 aromatic heterocycles. The summed E-state index contributed by atoms with van der Waals surface area (Å²) in [6.07, 6.45) is 1.38. The lowest BCUT2D eigenvalue weighted by Crippen LogP contribution is -2.13. The van der Waals surface area contributed by atoms with E-state index in [0.29, 0.717) is 28.1 Å². The quantitative estimate of drug-likeness (QED) is 0.418. The predicted octanol–water partition coefficient (Wildman–Crippen LogP) is 3.87. The number of carboxylic acid groups (broad SMARTS) is 1. The number of ether oxygens (including phenoxy) is 3. The minimum atomic E-state index is -1.13. The van der Waals surface area contributed by atoms with Crippen molar-refractivity contribution in [1.29, 1.82) is 5.26 Å². The van der Waals surface area contributed by atoms with Crippen LogP contribution >= 0.6 is 15.9 Å². The molecule has 0 saturated heterocycles. The first-order chi connectivity index (χ1) is 14.4. The van der Waals surface area contributed by atoms with E-state index in [9.17, 15) is 14.9 Å². The number of hydrogen-bond acceptors (Lipinski definition) is 6. The summed E-state index contributed by atoms with van der Waals surface area (Å²) < 4.78 is 16.3. The predicted molar refractivity (Wildman–Crippen MR) is 114 cm³/mol. The Kier molecular flexibility index (Phi) is 8.26. The topological polar surface area (TPSA) is 118 Å². The van der Waals surface area contributed by atoms with E-state index in [2.05, 4.69) is 21.2 Å². The van der Waals surface area contributed by atoms with Crippen molar-refractivity contribution in [3.8, 4) is 23.3 Å². The normalized spacial score (nSPS) is 10.7. The second-order valence-corrected chi connectivity index (χ2v) is 6.65. The highest BCUT2D eigenvalue weighted by atomic mass is 79.9. The number of halogens is 1. The maximum atomic E-state index is 12.5. The number of aliphatic carboxylic acids is 1. The van der Waals surface area contributed by atoms with Gasteiger partial charge in [-0.2, -0.15) is 5.26 Å². The van der Waals surface area contributed by atoms with Crippen molar-refractivity contribution in [2.45, 2.75) is 6.92 Å². The Morgan fingerprint density at radius 1 is 1.23 bits per heavy atom. The second kappa shape index (κ2) is 10.9. The van der Waals surface area contributed by atoms with E-state index < -0.39 is 18.5 Å². The van der Waals surface area contributed by atoms with Gasteiger partial charge in [-0.25, -0.2) is 4.79 Å². The summed E-state index contributed by atoms with van der Waals surface area (Å²) in [5.74, 6) is -0.660. The van der Waals surface area contributed by atoms with E-state index in [-0.39, 0.29) is 17.1 Å². The lowest BCUT2D eigenvalue weighted by molar-refractivity contribution is -0.139. The molecule has 156 valence electrons. The van der Waals surface area contributed by atoms with Gasteiger partial charge in [-0.3, -0.25) is 4.79 Å². The third-order valence-corrected chi connectivity index (χ3v) is 4.39. The maximum Gasteiger partial charge on any atom is 0.341 e. The molecule has 9 heteroatoms. The molecule has 0 bridgehead atoms. The average molecular weight is 475 g/mol. The van der Waals surface area contributed by atoms with Gasteiger partial charge >= 0.3 is 5.97 Å². The van der Waals surface area contributed by atoms with Gasteiger partial charge in [0, 0.05) is 16.2 Å². The van der Waals surface area contributed by atoms with Gasteiger partial charge in [-0.1, -0.05) is 22.0 Å². The van der Waals surface area contributed by atoms with Crippen LogP contribution in [0, 0.1) is 11.3 Å². The molecule has 2 rings (SSSR count). The summed E-state index contributed by atoms with van der Waals surface area (Å²) >= 11 is 3.33. The molecule has 0 radical (unpaired) electrons. The molecule has 0 unspecified atom stereocenters. The molecule has 2 aromatic rings. The van der Waals surface area contributed by atoms with Crippen molar-refractivity contribution in [2.24, 2.45) is 0 Å². The lowest BCUT2D eigenvalue weighted by atomic mass is 10.1. The molecule has 0 aliphatic rings. The average Bonchev–Trinajstić information content (AvgIpc) is 2.71. The highest BCUT2D eigenvalue weighted by Crippen LogP contribution is 2.34. The maximum absolute atomic E-state index is 12.5. The summed E-state index contributed by atoms with van der Waals surface area (Å²) in [5, 5.41) is 20.9. The van der Waals surface area contributed by atoms with E-state index in [1.807, 2.05) is 13.0 Å². The summed E-state index contributed by atoms with van der Waals surface area (Å²) in [5.41, 5.74) is 0.823. The van der Waals surface area contributed by atoms with E-state index >= 15 is 0 Å². The van der Waals surface area contributed by atoms with E-state index in [0.717, 1.165) is 0 Å². The zero-order valence-corrected chi connectivity index (χ0v) is 17.9. The second-order valence-electron chi connectivity index (χ2n) is 5.79. The third kappa shape index (κ3) is 6.25. The Morgan fingerprint density at radius 3 is 2.63 bits per heavy atom. The molecule has 2 aromatic carbocycles. The number of hydrogen-bond donors (Lipinski definition) is 2. The van der Waals surface area contributed by atoms with Gasteiger partial charge in [-0.05, 0) is 42.8 Å². The van der Waals surface area contributed by atoms with Gasteiger partial charge in [-0.15, -0.1) is 0 Å². The standard InChI is InChI=1S/C21H19BrN2O6/c1-3-29-16-6-4-5-15(9-16)24-21(27)14(11-23)7-13-8-18(28-2)19(10-17(13)22)30-12-20(25)26/h4-10H,3,12H2,1-2H3,(H,24,27)(H,25,26). The van der Waals surface area contributed by atoms with Crippen LogP contribution in [0.4, 0.5) is 5.69 Å². The summed E-state index contributed by atoms with van der Waals surface area (Å²) in [7, 11) is 1.40. The molecular formula is C21H19BrN2O6. The molecule has 0 heterocycles. The SMILES string of the molecule is CCOc1cccc(NC(=O)C(C#N)=Cc2cc(OC)c(OCC(=O)O)cc2Br)c1. The zero-order valence-electron chi connectivity index (χ0n) is 16.3. The van der Waals surface area contributed by atoms with Crippen molar-refractivity contribution >= 4 is 39.6 Å². The first kappa shape index (κ1) is 22.8. The number of nitriles is 1. The number of nitrogens with zero attached hydrogens (tertiary/aromatic N) is 1. The molecule has 0 fully saturated rings. The van der Waals surface area contributed by atoms with Crippen LogP contribution in [0.15, 0.2) is 46.4 Å². The van der Waals surface area contributed by atoms with Gasteiger partial charge in [0.15, 0.2) is 18.1 Å². The molecule has 0 aliphatic heterocycles. The molecule has 0 saturated carbocycles. The minimum Gasteiger partial charge on any atom is -0.494 e. The first-order valence-electron chi connectivity index (χ1n) is 8.76. The van der Waals surface area contributed by atoms with Crippen LogP contribution in [0.2, 0.25) is 0 Å². The lowest BCUT2D eigenvalue weighted by Gasteiger charge is -2.12. The van der Waals surface area contributed by atoms with E-state index in [4.69, 9.17) is 19.3 Å². The number of nitrogens with one attached hydrogen (secondary N) is 1. The molecular weight excluding hydrogens is 456 g/mol. The Labute approximate surface area is 181 Å². The van der Waals surface area contributed by atoms with E-state index in [1.54, 1.807) is 24.3 Å². The molecule has 8 nitrogen and oxygen atoms in total. The Hall–Kier alpha value is -3.51. The van der Waals surface area contributed by atoms with Crippen molar-refractivity contribution in [3.63, 3.8) is 0 Å². The number of carboxylic acids is 1. The number of benzene rings is 2. The zero-order chi connectivity index (χ0) is 22.1. The van der Waals surface area contributed by atoms with Crippen LogP contribution < -0.4 is 19.5 Å². The minimum absolute atomic E-state index is 0.140. The van der Waals surface area contributed by atoms with Crippen molar-refractivity contribution < 1.29 is 28.9 Å². The summed E-state index contributed by atoms with van der Waals surface area (Å²) in [4.78, 5) is 23.3. The van der Waals surface area contributed by atoms with Crippen LogP contribution in [0.25, 0.3) is 6.08 Å². The van der Waals surface area contributed by atoms with Gasteiger partial charge in [0.1, 0.15) is 17.4 Å². The fourth-order valence-corrected chi connectivity index (χ4v) is 2.84. The highest BCUT2D eigenvalue weighted by molar-refractivity contribution is 9.10. The van der Waals surface area contributed by atoms with Gasteiger partial charge in [0.25, 0.3) is 5.91 Å². The summed E-state index contributed by atoms with van der Waals surface area (Å²) in [6, 6.07) is 11.7. The molecule has 2 N–H and O–H groups in total. The van der Waals surface area contributed by atoms with Crippen molar-refractivity contribution in [1.82, 2.24) is 0 Å². The van der Waals surface area contributed by atoms with Crippen LogP contribution in [0.5, 0.6) is 17.2 Å². The third-order valence-electron chi connectivity index (χ3n) is 3.70. The highest BCUT2D eigenvalue weighted by Gasteiger charge is 2.14. The molecule has 1 amide bonds. The number of anilines is 1. The van der Waals surface area contributed by atoms with Crippen LogP contribution in [0.3, 0.4) is 0 Å². The molecule has 0 spiro atoms. The van der Waals surface area contributed by atoms with E-state index in [1.165, 1.54) is 25.3 Å². The Bertz CT molecular complexity index is 1010. The van der Waals surface area contributed by atoms with Crippen LogP contribution in [0.1, 0.15) is 12.5 Å². The van der Waals surface area contributed by atoms with Gasteiger partial charge < -0.3 is 24.6 Å². The smallest absolute Gasteiger partial charge is 0.341 e. The number of rotatable bonds is 9. The van der Waals surface area contributed by atoms with Crippen LogP contribution in [-0.2, 0) is 9.59 Å². The molecule has 0 aliphatic carbocycles. The fraction of sp³-hybridized carbons (Fsp3) is 0.190. The number of carbonyl (C=O) groups is 2. The molecule has 0 atom stereocenters. The molecule has 30 heavy (non-hydrogen) atoms. The summed E-state index contributed by atoms with van der Waals surface area (Å²) in [6.45, 7) is 1.80. The number of methoxy groups -OCH3 is 1. The van der Waals surface area contributed by atoms with Gasteiger partial charge in [0.2, 0.25) is 0 Å². The largest absolute Gasteiger partial charge is 0.494 e. The van der Waals surface area contributed by atoms with Crippen molar-refractivity contribution in [3.05, 3.63) is 52.0 Å². The van der Waals surface area contributed by atoms with Gasteiger partial charge in [0.05, 0.1) is 13.7 Å². The number of amides is 1. The Balaban J connectivity index is 2.28. The monoisotopic (exact) mass is 474 g/mol. The van der Waals surface area contributed by atoms with Crippen molar-refractivity contribution in [2.75, 3.05) is 25.6 Å². The Morgan fingerprint density at radius 2 is 2.00 bits per heavy atom. The van der Waals surface area contributed by atoms with Crippen LogP contribution in [-0.4, -0.2) is 37.3 Å².